The summed E-state index contributed by atoms with van der Waals surface area (Å²) in [4.78, 5) is 29.9. The third kappa shape index (κ3) is 2.63. The van der Waals surface area contributed by atoms with E-state index in [1.807, 2.05) is 10.7 Å². The molecular formula is C20H25N5O2. The first-order valence-electron chi connectivity index (χ1n) is 9.94. The van der Waals surface area contributed by atoms with Crippen LogP contribution in [0, 0.1) is 5.41 Å². The van der Waals surface area contributed by atoms with Gasteiger partial charge in [-0.15, -0.1) is 0 Å². The Morgan fingerprint density at radius 2 is 2.15 bits per heavy atom. The average molecular weight is 367 g/mol. The monoisotopic (exact) mass is 367 g/mol. The van der Waals surface area contributed by atoms with Crippen LogP contribution in [0.3, 0.4) is 0 Å². The first-order valence-corrected chi connectivity index (χ1v) is 9.94. The van der Waals surface area contributed by atoms with E-state index in [0.29, 0.717) is 11.5 Å². The summed E-state index contributed by atoms with van der Waals surface area (Å²) in [5.41, 5.74) is 2.20. The molecule has 7 nitrogen and oxygen atoms in total. The summed E-state index contributed by atoms with van der Waals surface area (Å²) in [5.74, 6) is 0.532. The van der Waals surface area contributed by atoms with Crippen LogP contribution in [0.2, 0.25) is 0 Å². The normalized spacial score (nSPS) is 27.2. The Labute approximate surface area is 157 Å². The van der Waals surface area contributed by atoms with Gasteiger partial charge in [0, 0.05) is 30.2 Å². The lowest BCUT2D eigenvalue weighted by atomic mass is 9.64. The zero-order chi connectivity index (χ0) is 18.8. The molecule has 2 amide bonds. The van der Waals surface area contributed by atoms with Gasteiger partial charge in [-0.05, 0) is 52.0 Å². The third-order valence-corrected chi connectivity index (χ3v) is 6.30. The number of aromatic nitrogens is 3. The minimum absolute atomic E-state index is 0.0640. The van der Waals surface area contributed by atoms with E-state index in [9.17, 15) is 9.59 Å². The topological polar surface area (TPSA) is 88.9 Å². The van der Waals surface area contributed by atoms with Gasteiger partial charge >= 0.3 is 0 Å². The van der Waals surface area contributed by atoms with Gasteiger partial charge in [0.15, 0.2) is 5.65 Å². The van der Waals surface area contributed by atoms with Gasteiger partial charge < -0.3 is 10.6 Å². The Balaban J connectivity index is 1.42. The van der Waals surface area contributed by atoms with E-state index in [0.717, 1.165) is 55.4 Å². The number of hydrogen-bond acceptors (Lipinski definition) is 4. The predicted octanol–water partition coefficient (Wildman–Crippen LogP) is 2.29. The SMILES string of the molecule is CC(C)n1ncc2c(C(=O)NC3CC4(CCNC4=O)C3)cc(C3CC3)nc21. The van der Waals surface area contributed by atoms with E-state index in [1.165, 1.54) is 0 Å². The Morgan fingerprint density at radius 1 is 1.37 bits per heavy atom. The molecule has 0 aromatic carbocycles. The molecule has 0 radical (unpaired) electrons. The lowest BCUT2D eigenvalue weighted by Gasteiger charge is -2.43. The van der Waals surface area contributed by atoms with Crippen molar-refractivity contribution in [3.63, 3.8) is 0 Å². The zero-order valence-corrected chi connectivity index (χ0v) is 15.8. The molecule has 3 heterocycles. The highest BCUT2D eigenvalue weighted by atomic mass is 16.2. The highest BCUT2D eigenvalue weighted by Crippen LogP contribution is 2.46. The molecule has 1 aliphatic heterocycles. The number of carbonyl (C=O) groups excluding carboxylic acids is 2. The molecule has 3 aliphatic rings. The highest BCUT2D eigenvalue weighted by molar-refractivity contribution is 6.05. The number of hydrogen-bond donors (Lipinski definition) is 2. The van der Waals surface area contributed by atoms with Gasteiger partial charge in [0.25, 0.3) is 5.91 Å². The molecule has 2 aromatic rings. The minimum atomic E-state index is -0.243. The molecule has 3 fully saturated rings. The van der Waals surface area contributed by atoms with E-state index >= 15 is 0 Å². The van der Waals surface area contributed by atoms with Crippen LogP contribution in [-0.4, -0.2) is 39.2 Å². The van der Waals surface area contributed by atoms with Crippen LogP contribution in [0.15, 0.2) is 12.3 Å². The van der Waals surface area contributed by atoms with Crippen LogP contribution in [0.4, 0.5) is 0 Å². The van der Waals surface area contributed by atoms with E-state index in [1.54, 1.807) is 6.20 Å². The van der Waals surface area contributed by atoms with Crippen molar-refractivity contribution < 1.29 is 9.59 Å². The number of amides is 2. The fourth-order valence-corrected chi connectivity index (χ4v) is 4.55. The molecule has 2 aliphatic carbocycles. The summed E-state index contributed by atoms with van der Waals surface area (Å²) in [7, 11) is 0. The van der Waals surface area contributed by atoms with E-state index in [2.05, 4.69) is 29.6 Å². The van der Waals surface area contributed by atoms with Crippen LogP contribution in [0.5, 0.6) is 0 Å². The minimum Gasteiger partial charge on any atom is -0.356 e. The number of carbonyl (C=O) groups is 2. The van der Waals surface area contributed by atoms with Crippen molar-refractivity contribution in [3.05, 3.63) is 23.5 Å². The second-order valence-electron chi connectivity index (χ2n) is 8.65. The number of pyridine rings is 1. The molecule has 0 atom stereocenters. The second kappa shape index (κ2) is 5.78. The van der Waals surface area contributed by atoms with E-state index < -0.39 is 0 Å². The Kier molecular flexibility index (Phi) is 3.58. The van der Waals surface area contributed by atoms with Gasteiger partial charge in [0.05, 0.1) is 22.6 Å². The summed E-state index contributed by atoms with van der Waals surface area (Å²) in [5, 5.41) is 11.3. The molecule has 2 aromatic heterocycles. The van der Waals surface area contributed by atoms with Gasteiger partial charge in [-0.2, -0.15) is 5.10 Å². The smallest absolute Gasteiger partial charge is 0.252 e. The third-order valence-electron chi connectivity index (χ3n) is 6.30. The zero-order valence-electron chi connectivity index (χ0n) is 15.8. The molecule has 5 rings (SSSR count). The van der Waals surface area contributed by atoms with Crippen molar-refractivity contribution in [3.8, 4) is 0 Å². The van der Waals surface area contributed by atoms with Crippen LogP contribution in [0.1, 0.15) is 74.0 Å². The number of fused-ring (bicyclic) bond motifs is 1. The molecule has 1 saturated heterocycles. The molecule has 2 saturated carbocycles. The summed E-state index contributed by atoms with van der Waals surface area (Å²) in [6.07, 6.45) is 6.37. The lowest BCUT2D eigenvalue weighted by molar-refractivity contribution is -0.133. The Morgan fingerprint density at radius 3 is 2.78 bits per heavy atom. The second-order valence-corrected chi connectivity index (χ2v) is 8.65. The Bertz CT molecular complexity index is 937. The Hall–Kier alpha value is -2.44. The van der Waals surface area contributed by atoms with E-state index in [4.69, 9.17) is 4.98 Å². The fraction of sp³-hybridized carbons (Fsp3) is 0.600. The molecule has 1 spiro atoms. The summed E-state index contributed by atoms with van der Waals surface area (Å²) >= 11 is 0. The molecule has 27 heavy (non-hydrogen) atoms. The largest absolute Gasteiger partial charge is 0.356 e. The van der Waals surface area contributed by atoms with Crippen molar-refractivity contribution >= 4 is 22.8 Å². The average Bonchev–Trinajstić information content (AvgIpc) is 3.25. The molecule has 2 N–H and O–H groups in total. The van der Waals surface area contributed by atoms with Gasteiger partial charge in [0.1, 0.15) is 0 Å². The maximum absolute atomic E-state index is 13.0. The predicted molar refractivity (Wildman–Crippen MR) is 100 cm³/mol. The number of nitrogens with one attached hydrogen (secondary N) is 2. The molecule has 0 unspecified atom stereocenters. The van der Waals surface area contributed by atoms with Gasteiger partial charge in [-0.3, -0.25) is 9.59 Å². The lowest BCUT2D eigenvalue weighted by Crippen LogP contribution is -2.53. The van der Waals surface area contributed by atoms with Crippen molar-refractivity contribution in [2.75, 3.05) is 6.54 Å². The molecule has 7 heteroatoms. The first kappa shape index (κ1) is 16.7. The van der Waals surface area contributed by atoms with Crippen LogP contribution < -0.4 is 10.6 Å². The molecule has 142 valence electrons. The summed E-state index contributed by atoms with van der Waals surface area (Å²) in [6.45, 7) is 4.89. The summed E-state index contributed by atoms with van der Waals surface area (Å²) < 4.78 is 1.89. The quantitative estimate of drug-likeness (QED) is 0.868. The maximum atomic E-state index is 13.0. The highest BCUT2D eigenvalue weighted by Gasteiger charge is 2.52. The van der Waals surface area contributed by atoms with Crippen LogP contribution in [0.25, 0.3) is 11.0 Å². The van der Waals surface area contributed by atoms with Crippen molar-refractivity contribution in [1.82, 2.24) is 25.4 Å². The van der Waals surface area contributed by atoms with Crippen molar-refractivity contribution in [1.29, 1.82) is 0 Å². The maximum Gasteiger partial charge on any atom is 0.252 e. The fourth-order valence-electron chi connectivity index (χ4n) is 4.55. The van der Waals surface area contributed by atoms with Gasteiger partial charge in [0.2, 0.25) is 5.91 Å². The number of rotatable bonds is 4. The van der Waals surface area contributed by atoms with Crippen LogP contribution in [-0.2, 0) is 4.79 Å². The van der Waals surface area contributed by atoms with Gasteiger partial charge in [-0.25, -0.2) is 9.67 Å². The first-order chi connectivity index (χ1) is 13.0. The standard InChI is InChI=1S/C20H25N5O2/c1-11(2)25-17-15(10-22-25)14(7-16(24-17)12-3-4-12)18(26)23-13-8-20(9-13)5-6-21-19(20)27/h7,10-13H,3-6,8-9H2,1-2H3,(H,21,27)(H,23,26). The van der Waals surface area contributed by atoms with E-state index in [-0.39, 0.29) is 29.3 Å². The van der Waals surface area contributed by atoms with Gasteiger partial charge in [-0.1, -0.05) is 0 Å². The molecular weight excluding hydrogens is 342 g/mol. The molecule has 0 bridgehead atoms. The summed E-state index contributed by atoms with van der Waals surface area (Å²) in [6, 6.07) is 2.19. The van der Waals surface area contributed by atoms with Crippen molar-refractivity contribution in [2.24, 2.45) is 5.41 Å². The van der Waals surface area contributed by atoms with Crippen LogP contribution >= 0.6 is 0 Å². The number of nitrogens with zero attached hydrogens (tertiary/aromatic N) is 3. The van der Waals surface area contributed by atoms with Crippen molar-refractivity contribution in [2.45, 2.75) is 64.0 Å².